The molecule has 1 saturated carbocycles. The SMILES string of the molecule is Cc1ncsc1CN(C)CC1(C(=O)O)CCC(C)CC1. The van der Waals surface area contributed by atoms with Crippen LogP contribution in [0, 0.1) is 18.3 Å². The van der Waals surface area contributed by atoms with Crippen molar-refractivity contribution in [3.8, 4) is 0 Å². The second-order valence-electron chi connectivity index (χ2n) is 6.30. The fourth-order valence-corrected chi connectivity index (χ4v) is 3.91. The van der Waals surface area contributed by atoms with Crippen LogP contribution in [-0.4, -0.2) is 34.6 Å². The summed E-state index contributed by atoms with van der Waals surface area (Å²) in [6, 6.07) is 0. The highest BCUT2D eigenvalue weighted by Gasteiger charge is 2.41. The molecule has 5 heteroatoms. The number of aromatic nitrogens is 1. The fourth-order valence-electron chi connectivity index (χ4n) is 3.05. The quantitative estimate of drug-likeness (QED) is 0.907. The summed E-state index contributed by atoms with van der Waals surface area (Å²) < 4.78 is 0. The van der Waals surface area contributed by atoms with Crippen molar-refractivity contribution < 1.29 is 9.90 Å². The molecule has 0 atom stereocenters. The van der Waals surface area contributed by atoms with Crippen LogP contribution in [0.3, 0.4) is 0 Å². The van der Waals surface area contributed by atoms with Gasteiger partial charge in [-0.05, 0) is 45.6 Å². The summed E-state index contributed by atoms with van der Waals surface area (Å²) >= 11 is 1.65. The molecule has 20 heavy (non-hydrogen) atoms. The summed E-state index contributed by atoms with van der Waals surface area (Å²) in [5, 5.41) is 9.67. The van der Waals surface area contributed by atoms with Gasteiger partial charge in [-0.25, -0.2) is 4.98 Å². The van der Waals surface area contributed by atoms with E-state index in [0.717, 1.165) is 37.9 Å². The number of aryl methyl sites for hydroxylation is 1. The van der Waals surface area contributed by atoms with Gasteiger partial charge in [0.05, 0.1) is 16.6 Å². The van der Waals surface area contributed by atoms with E-state index >= 15 is 0 Å². The van der Waals surface area contributed by atoms with Crippen LogP contribution in [0.1, 0.15) is 43.2 Å². The summed E-state index contributed by atoms with van der Waals surface area (Å²) in [6.07, 6.45) is 3.66. The Kier molecular flexibility index (Phi) is 4.81. The first-order chi connectivity index (χ1) is 9.43. The van der Waals surface area contributed by atoms with Crippen LogP contribution in [0.4, 0.5) is 0 Å². The van der Waals surface area contributed by atoms with Crippen molar-refractivity contribution >= 4 is 17.3 Å². The van der Waals surface area contributed by atoms with E-state index in [-0.39, 0.29) is 0 Å². The maximum absolute atomic E-state index is 11.8. The lowest BCUT2D eigenvalue weighted by Gasteiger charge is -2.38. The molecule has 0 bridgehead atoms. The number of rotatable bonds is 5. The van der Waals surface area contributed by atoms with Crippen LogP contribution >= 0.6 is 11.3 Å². The Hall–Kier alpha value is -0.940. The summed E-state index contributed by atoms with van der Waals surface area (Å²) in [7, 11) is 2.02. The molecular weight excluding hydrogens is 272 g/mol. The first-order valence-electron chi connectivity index (χ1n) is 7.24. The zero-order valence-electron chi connectivity index (χ0n) is 12.6. The highest BCUT2D eigenvalue weighted by atomic mass is 32.1. The second-order valence-corrected chi connectivity index (χ2v) is 7.24. The van der Waals surface area contributed by atoms with Gasteiger partial charge < -0.3 is 10.0 Å². The maximum atomic E-state index is 11.8. The number of hydrogen-bond donors (Lipinski definition) is 1. The summed E-state index contributed by atoms with van der Waals surface area (Å²) in [5.41, 5.74) is 2.36. The van der Waals surface area contributed by atoms with Gasteiger partial charge >= 0.3 is 5.97 Å². The van der Waals surface area contributed by atoms with Gasteiger partial charge in [0.1, 0.15) is 0 Å². The number of thiazole rings is 1. The molecule has 1 aromatic heterocycles. The van der Waals surface area contributed by atoms with Gasteiger partial charge in [-0.3, -0.25) is 4.79 Å². The minimum absolute atomic E-state index is 0.556. The predicted octanol–water partition coefficient (Wildman–Crippen LogP) is 3.16. The zero-order chi connectivity index (χ0) is 14.8. The monoisotopic (exact) mass is 296 g/mol. The molecule has 1 N–H and O–H groups in total. The van der Waals surface area contributed by atoms with Crippen molar-refractivity contribution in [2.24, 2.45) is 11.3 Å². The van der Waals surface area contributed by atoms with Crippen molar-refractivity contribution in [2.75, 3.05) is 13.6 Å². The first-order valence-corrected chi connectivity index (χ1v) is 8.12. The maximum Gasteiger partial charge on any atom is 0.310 e. The minimum Gasteiger partial charge on any atom is -0.481 e. The highest BCUT2D eigenvalue weighted by molar-refractivity contribution is 7.09. The Morgan fingerprint density at radius 3 is 2.70 bits per heavy atom. The molecule has 0 saturated heterocycles. The van der Waals surface area contributed by atoms with Crippen LogP contribution in [0.2, 0.25) is 0 Å². The molecule has 1 aliphatic rings. The molecular formula is C15H24N2O2S. The van der Waals surface area contributed by atoms with Gasteiger partial charge in [-0.1, -0.05) is 6.92 Å². The molecule has 0 aliphatic heterocycles. The van der Waals surface area contributed by atoms with Crippen LogP contribution < -0.4 is 0 Å². The zero-order valence-corrected chi connectivity index (χ0v) is 13.4. The van der Waals surface area contributed by atoms with E-state index in [9.17, 15) is 9.90 Å². The van der Waals surface area contributed by atoms with E-state index in [1.165, 1.54) is 4.88 Å². The van der Waals surface area contributed by atoms with E-state index in [1.54, 1.807) is 11.3 Å². The number of carbonyl (C=O) groups is 1. The van der Waals surface area contributed by atoms with Crippen LogP contribution in [0.25, 0.3) is 0 Å². The molecule has 0 spiro atoms. The molecule has 2 rings (SSSR count). The second kappa shape index (κ2) is 6.22. The molecule has 112 valence electrons. The van der Waals surface area contributed by atoms with Crippen LogP contribution in [0.15, 0.2) is 5.51 Å². The van der Waals surface area contributed by atoms with Crippen LogP contribution in [-0.2, 0) is 11.3 Å². The Morgan fingerprint density at radius 2 is 2.20 bits per heavy atom. The smallest absolute Gasteiger partial charge is 0.310 e. The number of aliphatic carboxylic acids is 1. The Balaban J connectivity index is 2.01. The largest absolute Gasteiger partial charge is 0.481 e. The highest BCUT2D eigenvalue weighted by Crippen LogP contribution is 2.40. The molecule has 4 nitrogen and oxygen atoms in total. The van der Waals surface area contributed by atoms with E-state index in [1.807, 2.05) is 19.5 Å². The molecule has 1 heterocycles. The molecule has 0 radical (unpaired) electrons. The number of hydrogen-bond acceptors (Lipinski definition) is 4. The van der Waals surface area contributed by atoms with Crippen molar-refractivity contribution in [2.45, 2.75) is 46.1 Å². The molecule has 1 fully saturated rings. The first kappa shape index (κ1) is 15.4. The van der Waals surface area contributed by atoms with E-state index in [4.69, 9.17) is 0 Å². The third-order valence-corrected chi connectivity index (χ3v) is 5.44. The van der Waals surface area contributed by atoms with Crippen molar-refractivity contribution in [1.82, 2.24) is 9.88 Å². The Bertz CT molecular complexity index is 464. The third-order valence-electron chi connectivity index (χ3n) is 4.52. The predicted molar refractivity (Wildman–Crippen MR) is 80.9 cm³/mol. The van der Waals surface area contributed by atoms with Crippen molar-refractivity contribution in [3.05, 3.63) is 16.1 Å². The van der Waals surface area contributed by atoms with Gasteiger partial charge in [-0.2, -0.15) is 0 Å². The molecule has 0 amide bonds. The van der Waals surface area contributed by atoms with Crippen LogP contribution in [0.5, 0.6) is 0 Å². The number of carboxylic acids is 1. The molecule has 0 unspecified atom stereocenters. The Labute approximate surface area is 124 Å². The molecule has 1 aromatic rings. The van der Waals surface area contributed by atoms with Gasteiger partial charge in [-0.15, -0.1) is 11.3 Å². The average Bonchev–Trinajstić information content (AvgIpc) is 2.78. The van der Waals surface area contributed by atoms with Gasteiger partial charge in [0, 0.05) is 18.0 Å². The van der Waals surface area contributed by atoms with E-state index in [2.05, 4.69) is 16.8 Å². The van der Waals surface area contributed by atoms with Gasteiger partial charge in [0.25, 0.3) is 0 Å². The summed E-state index contributed by atoms with van der Waals surface area (Å²) in [6.45, 7) is 5.65. The summed E-state index contributed by atoms with van der Waals surface area (Å²) in [5.74, 6) is 0.0359. The molecule has 0 aromatic carbocycles. The lowest BCUT2D eigenvalue weighted by Crippen LogP contribution is -2.44. The standard InChI is InChI=1S/C15H24N2O2S/c1-11-4-6-15(7-5-11,14(18)19)9-17(3)8-13-12(2)16-10-20-13/h10-11H,4-9H2,1-3H3,(H,18,19). The number of nitrogens with zero attached hydrogens (tertiary/aromatic N) is 2. The average molecular weight is 296 g/mol. The molecule has 1 aliphatic carbocycles. The number of carboxylic acid groups (broad SMARTS) is 1. The Morgan fingerprint density at radius 1 is 1.55 bits per heavy atom. The van der Waals surface area contributed by atoms with Crippen molar-refractivity contribution in [1.29, 1.82) is 0 Å². The van der Waals surface area contributed by atoms with E-state index in [0.29, 0.717) is 12.5 Å². The topological polar surface area (TPSA) is 53.4 Å². The lowest BCUT2D eigenvalue weighted by atomic mass is 9.70. The minimum atomic E-state index is -0.628. The van der Waals surface area contributed by atoms with Crippen molar-refractivity contribution in [3.63, 3.8) is 0 Å². The van der Waals surface area contributed by atoms with E-state index < -0.39 is 11.4 Å². The fraction of sp³-hybridized carbons (Fsp3) is 0.733. The normalized spacial score (nSPS) is 26.9. The van der Waals surface area contributed by atoms with Gasteiger partial charge in [0.2, 0.25) is 0 Å². The summed E-state index contributed by atoms with van der Waals surface area (Å²) in [4.78, 5) is 19.4. The van der Waals surface area contributed by atoms with Gasteiger partial charge in [0.15, 0.2) is 0 Å². The lowest BCUT2D eigenvalue weighted by molar-refractivity contribution is -0.153. The third kappa shape index (κ3) is 3.38.